The van der Waals surface area contributed by atoms with E-state index in [1.807, 2.05) is 6.07 Å². The molecule has 0 spiro atoms. The van der Waals surface area contributed by atoms with Gasteiger partial charge >= 0.3 is 0 Å². The Morgan fingerprint density at radius 1 is 1.64 bits per heavy atom. The van der Waals surface area contributed by atoms with Crippen LogP contribution in [-0.2, 0) is 9.59 Å². The summed E-state index contributed by atoms with van der Waals surface area (Å²) >= 11 is 5.33. The van der Waals surface area contributed by atoms with Gasteiger partial charge in [-0.05, 0) is 0 Å². The van der Waals surface area contributed by atoms with Crippen molar-refractivity contribution in [3.8, 4) is 6.07 Å². The highest BCUT2D eigenvalue weighted by molar-refractivity contribution is 6.18. The first-order valence-electron chi connectivity index (χ1n) is 4.20. The van der Waals surface area contributed by atoms with E-state index in [9.17, 15) is 9.59 Å². The van der Waals surface area contributed by atoms with Gasteiger partial charge in [-0.2, -0.15) is 5.26 Å². The Morgan fingerprint density at radius 2 is 2.36 bits per heavy atom. The molecule has 2 amide bonds. The van der Waals surface area contributed by atoms with Crippen LogP contribution in [0.5, 0.6) is 0 Å². The molecule has 1 aliphatic heterocycles. The van der Waals surface area contributed by atoms with E-state index in [4.69, 9.17) is 16.9 Å². The van der Waals surface area contributed by atoms with E-state index >= 15 is 0 Å². The Hall–Kier alpha value is -1.28. The molecule has 0 aromatic heterocycles. The number of rotatable bonds is 4. The van der Waals surface area contributed by atoms with Gasteiger partial charge in [0.25, 0.3) is 0 Å². The summed E-state index contributed by atoms with van der Waals surface area (Å²) in [5.41, 5.74) is 0. The first-order chi connectivity index (χ1) is 6.69. The fraction of sp³-hybridized carbons (Fsp3) is 0.625. The minimum atomic E-state index is -0.299. The zero-order valence-corrected chi connectivity index (χ0v) is 8.25. The molecule has 14 heavy (non-hydrogen) atoms. The Balaban J connectivity index is 2.17. The van der Waals surface area contributed by atoms with E-state index in [1.54, 1.807) is 0 Å². The smallest absolute Gasteiger partial charge is 0.243 e. The van der Waals surface area contributed by atoms with Gasteiger partial charge in [-0.15, -0.1) is 11.6 Å². The van der Waals surface area contributed by atoms with Crippen LogP contribution in [0.25, 0.3) is 0 Å². The molecule has 1 heterocycles. The SMILES string of the molecule is N#CC1CN1C(=O)CNC(=O)CCCl. The normalized spacial score (nSPS) is 18.6. The zero-order chi connectivity index (χ0) is 10.6. The summed E-state index contributed by atoms with van der Waals surface area (Å²) in [7, 11) is 0. The number of hydrogen-bond acceptors (Lipinski definition) is 3. The lowest BCUT2D eigenvalue weighted by Gasteiger charge is -2.03. The summed E-state index contributed by atoms with van der Waals surface area (Å²) in [5, 5.41) is 10.9. The third-order valence-electron chi connectivity index (χ3n) is 1.84. The number of nitrogens with zero attached hydrogens (tertiary/aromatic N) is 2. The quantitative estimate of drug-likeness (QED) is 0.506. The summed E-state index contributed by atoms with van der Waals surface area (Å²) in [6.45, 7) is 0.425. The van der Waals surface area contributed by atoms with E-state index in [0.717, 1.165) is 0 Å². The van der Waals surface area contributed by atoms with Crippen molar-refractivity contribution in [3.63, 3.8) is 0 Å². The largest absolute Gasteiger partial charge is 0.347 e. The lowest BCUT2D eigenvalue weighted by Crippen LogP contribution is -2.33. The number of halogens is 1. The second-order valence-corrected chi connectivity index (χ2v) is 3.28. The van der Waals surface area contributed by atoms with Crippen LogP contribution < -0.4 is 5.32 Å². The third-order valence-corrected chi connectivity index (χ3v) is 2.03. The van der Waals surface area contributed by atoms with E-state index in [0.29, 0.717) is 6.54 Å². The molecule has 76 valence electrons. The van der Waals surface area contributed by atoms with Crippen molar-refractivity contribution in [1.29, 1.82) is 5.26 Å². The monoisotopic (exact) mass is 215 g/mol. The molecule has 0 aliphatic carbocycles. The van der Waals surface area contributed by atoms with Crippen molar-refractivity contribution >= 4 is 23.4 Å². The van der Waals surface area contributed by atoms with E-state index < -0.39 is 0 Å². The predicted octanol–water partition coefficient (Wildman–Crippen LogP) is -0.534. The zero-order valence-electron chi connectivity index (χ0n) is 7.49. The van der Waals surface area contributed by atoms with Crippen molar-refractivity contribution in [1.82, 2.24) is 10.2 Å². The van der Waals surface area contributed by atoms with Crippen molar-refractivity contribution in [2.24, 2.45) is 0 Å². The van der Waals surface area contributed by atoms with Gasteiger partial charge in [0.1, 0.15) is 6.04 Å². The van der Waals surface area contributed by atoms with Crippen molar-refractivity contribution in [2.45, 2.75) is 12.5 Å². The number of amides is 2. The van der Waals surface area contributed by atoms with Gasteiger partial charge in [0.2, 0.25) is 11.8 Å². The van der Waals surface area contributed by atoms with Gasteiger partial charge in [-0.3, -0.25) is 9.59 Å². The van der Waals surface area contributed by atoms with Gasteiger partial charge in [0.15, 0.2) is 0 Å². The molecule has 1 atom stereocenters. The molecule has 6 heteroatoms. The number of nitriles is 1. The van der Waals surface area contributed by atoms with Crippen molar-refractivity contribution in [2.75, 3.05) is 19.0 Å². The molecule has 1 aliphatic rings. The summed E-state index contributed by atoms with van der Waals surface area (Å²) in [5.74, 6) is -0.229. The highest BCUT2D eigenvalue weighted by Crippen LogP contribution is 2.15. The molecule has 0 aromatic carbocycles. The number of carbonyl (C=O) groups is 2. The lowest BCUT2D eigenvalue weighted by molar-refractivity contribution is -0.128. The van der Waals surface area contributed by atoms with Crippen LogP contribution in [0, 0.1) is 11.3 Å². The van der Waals surface area contributed by atoms with E-state index in [2.05, 4.69) is 5.32 Å². The molecule has 1 saturated heterocycles. The van der Waals surface area contributed by atoms with Gasteiger partial charge in [0, 0.05) is 12.3 Å². The molecular weight excluding hydrogens is 206 g/mol. The molecule has 5 nitrogen and oxygen atoms in total. The fourth-order valence-corrected chi connectivity index (χ4v) is 1.15. The molecule has 0 bridgehead atoms. The maximum atomic E-state index is 11.2. The molecular formula is C8H10ClN3O2. The molecule has 1 fully saturated rings. The third kappa shape index (κ3) is 2.89. The Kier molecular flexibility index (Phi) is 3.72. The van der Waals surface area contributed by atoms with Crippen LogP contribution >= 0.6 is 11.6 Å². The molecule has 0 saturated carbocycles. The number of carbonyl (C=O) groups excluding carboxylic acids is 2. The summed E-state index contributed by atoms with van der Waals surface area (Å²) in [6.07, 6.45) is 0.205. The van der Waals surface area contributed by atoms with Gasteiger partial charge in [0.05, 0.1) is 19.2 Å². The molecule has 1 unspecified atom stereocenters. The maximum absolute atomic E-state index is 11.2. The molecule has 1 N–H and O–H groups in total. The lowest BCUT2D eigenvalue weighted by atomic mass is 10.4. The highest BCUT2D eigenvalue weighted by atomic mass is 35.5. The molecule has 1 rings (SSSR count). The Bertz CT molecular complexity index is 287. The Morgan fingerprint density at radius 3 is 2.86 bits per heavy atom. The summed E-state index contributed by atoms with van der Waals surface area (Å²) in [6, 6.07) is 1.66. The van der Waals surface area contributed by atoms with Crippen LogP contribution in [-0.4, -0.2) is 41.7 Å². The van der Waals surface area contributed by atoms with Crippen LogP contribution in [0.4, 0.5) is 0 Å². The molecule has 0 aromatic rings. The van der Waals surface area contributed by atoms with Crippen LogP contribution in [0.15, 0.2) is 0 Å². The van der Waals surface area contributed by atoms with Crippen molar-refractivity contribution < 1.29 is 9.59 Å². The van der Waals surface area contributed by atoms with Crippen LogP contribution in [0.2, 0.25) is 0 Å². The number of nitrogens with one attached hydrogen (secondary N) is 1. The molecule has 0 radical (unpaired) electrons. The van der Waals surface area contributed by atoms with E-state index in [1.165, 1.54) is 4.90 Å². The van der Waals surface area contributed by atoms with Crippen LogP contribution in [0.3, 0.4) is 0 Å². The second kappa shape index (κ2) is 4.82. The first kappa shape index (κ1) is 10.8. The van der Waals surface area contributed by atoms with Gasteiger partial charge in [-0.1, -0.05) is 0 Å². The minimum Gasteiger partial charge on any atom is -0.347 e. The average Bonchev–Trinajstić information content (AvgIpc) is 2.93. The topological polar surface area (TPSA) is 73.0 Å². The fourth-order valence-electron chi connectivity index (χ4n) is 0.975. The first-order valence-corrected chi connectivity index (χ1v) is 4.74. The minimum absolute atomic E-state index is 0.0477. The second-order valence-electron chi connectivity index (χ2n) is 2.91. The van der Waals surface area contributed by atoms with Crippen LogP contribution in [0.1, 0.15) is 6.42 Å². The maximum Gasteiger partial charge on any atom is 0.243 e. The predicted molar refractivity (Wildman–Crippen MR) is 49.5 cm³/mol. The van der Waals surface area contributed by atoms with E-state index in [-0.39, 0.29) is 36.7 Å². The van der Waals surface area contributed by atoms with Gasteiger partial charge < -0.3 is 10.2 Å². The van der Waals surface area contributed by atoms with Gasteiger partial charge in [-0.25, -0.2) is 0 Å². The Labute approximate surface area is 86.6 Å². The average molecular weight is 216 g/mol. The van der Waals surface area contributed by atoms with Crippen molar-refractivity contribution in [3.05, 3.63) is 0 Å². The summed E-state index contributed by atoms with van der Waals surface area (Å²) < 4.78 is 0. The standard InChI is InChI=1S/C8H10ClN3O2/c9-2-1-7(13)11-4-8(14)12-5-6(12)3-10/h6H,1-2,4-5H2,(H,11,13). The number of alkyl halides is 1. The highest BCUT2D eigenvalue weighted by Gasteiger charge is 2.38. The summed E-state index contributed by atoms with van der Waals surface area (Å²) in [4.78, 5) is 23.5. The number of hydrogen-bond donors (Lipinski definition) is 1.